The molecule has 0 saturated heterocycles. The molecule has 0 radical (unpaired) electrons. The van der Waals surface area contributed by atoms with E-state index in [0.29, 0.717) is 18.5 Å². The van der Waals surface area contributed by atoms with E-state index in [1.54, 1.807) is 17.9 Å². The van der Waals surface area contributed by atoms with Gasteiger partial charge in [0.25, 0.3) is 0 Å². The minimum absolute atomic E-state index is 0.0153. The molecule has 1 heterocycles. The molecule has 0 bridgehead atoms. The summed E-state index contributed by atoms with van der Waals surface area (Å²) in [6, 6.07) is 5.50. The Kier molecular flexibility index (Phi) is 4.07. The zero-order chi connectivity index (χ0) is 16.6. The quantitative estimate of drug-likeness (QED) is 0.893. The first-order valence-corrected chi connectivity index (χ1v) is 7.92. The summed E-state index contributed by atoms with van der Waals surface area (Å²) in [6.07, 6.45) is 2.94. The van der Waals surface area contributed by atoms with Crippen molar-refractivity contribution in [3.05, 3.63) is 23.8 Å². The highest BCUT2D eigenvalue weighted by Gasteiger charge is 2.41. The smallest absolute Gasteiger partial charge is 0.307 e. The van der Waals surface area contributed by atoms with E-state index in [1.807, 2.05) is 12.1 Å². The third-order valence-electron chi connectivity index (χ3n) is 4.77. The predicted molar refractivity (Wildman–Crippen MR) is 85.3 cm³/mol. The lowest BCUT2D eigenvalue weighted by Crippen LogP contribution is -2.41. The van der Waals surface area contributed by atoms with E-state index in [1.165, 1.54) is 0 Å². The maximum atomic E-state index is 12.2. The molecule has 2 amide bonds. The highest BCUT2D eigenvalue weighted by Crippen LogP contribution is 2.36. The number of aliphatic carboxylic acids is 1. The fourth-order valence-electron chi connectivity index (χ4n) is 3.35. The number of hydrogen-bond donors (Lipinski definition) is 2. The Morgan fingerprint density at radius 2 is 1.96 bits per heavy atom. The topological polar surface area (TPSA) is 86.7 Å². The molecular formula is C17H20N2O4. The number of aryl methyl sites for hydroxylation is 1. The number of nitrogens with one attached hydrogen (secondary N) is 1. The second-order valence-corrected chi connectivity index (χ2v) is 6.24. The summed E-state index contributed by atoms with van der Waals surface area (Å²) in [5.74, 6) is -2.14. The molecule has 23 heavy (non-hydrogen) atoms. The Morgan fingerprint density at radius 3 is 2.57 bits per heavy atom. The van der Waals surface area contributed by atoms with Crippen molar-refractivity contribution in [2.45, 2.75) is 32.6 Å². The summed E-state index contributed by atoms with van der Waals surface area (Å²) in [4.78, 5) is 36.6. The van der Waals surface area contributed by atoms with Gasteiger partial charge in [-0.15, -0.1) is 0 Å². The number of rotatable bonds is 3. The third-order valence-corrected chi connectivity index (χ3v) is 4.77. The van der Waals surface area contributed by atoms with Crippen LogP contribution < -0.4 is 10.2 Å². The molecule has 0 aromatic heterocycles. The molecule has 2 atom stereocenters. The molecule has 0 spiro atoms. The van der Waals surface area contributed by atoms with E-state index in [4.69, 9.17) is 5.11 Å². The van der Waals surface area contributed by atoms with Crippen LogP contribution in [0.3, 0.4) is 0 Å². The molecule has 1 aromatic rings. The van der Waals surface area contributed by atoms with Gasteiger partial charge < -0.3 is 15.3 Å². The summed E-state index contributed by atoms with van der Waals surface area (Å²) < 4.78 is 0. The molecule has 6 heteroatoms. The van der Waals surface area contributed by atoms with Crippen molar-refractivity contribution in [1.82, 2.24) is 0 Å². The fourth-order valence-corrected chi connectivity index (χ4v) is 3.35. The van der Waals surface area contributed by atoms with Crippen molar-refractivity contribution in [3.8, 4) is 0 Å². The fraction of sp³-hybridized carbons (Fsp3) is 0.471. The minimum atomic E-state index is -0.904. The zero-order valence-corrected chi connectivity index (χ0v) is 13.0. The number of carbonyl (C=O) groups excluding carboxylic acids is 2. The minimum Gasteiger partial charge on any atom is -0.481 e. The van der Waals surface area contributed by atoms with Crippen LogP contribution in [-0.4, -0.2) is 29.4 Å². The molecule has 2 aliphatic rings. The lowest BCUT2D eigenvalue weighted by molar-refractivity contribution is -0.151. The van der Waals surface area contributed by atoms with Gasteiger partial charge in [-0.25, -0.2) is 0 Å². The van der Waals surface area contributed by atoms with Gasteiger partial charge in [0.15, 0.2) is 0 Å². The monoisotopic (exact) mass is 316 g/mol. The van der Waals surface area contributed by atoms with Crippen LogP contribution in [0.1, 0.15) is 31.7 Å². The predicted octanol–water partition coefficient (Wildman–Crippen LogP) is 2.03. The van der Waals surface area contributed by atoms with E-state index >= 15 is 0 Å². The lowest BCUT2D eigenvalue weighted by atomic mass is 9.73. The molecular weight excluding hydrogens is 296 g/mol. The van der Waals surface area contributed by atoms with Crippen molar-refractivity contribution in [1.29, 1.82) is 0 Å². The summed E-state index contributed by atoms with van der Waals surface area (Å²) in [5, 5.41) is 11.9. The van der Waals surface area contributed by atoms with Gasteiger partial charge in [-0.05, 0) is 49.4 Å². The molecule has 3 rings (SSSR count). The van der Waals surface area contributed by atoms with Crippen molar-refractivity contribution in [2.75, 3.05) is 16.8 Å². The van der Waals surface area contributed by atoms with Crippen molar-refractivity contribution in [3.63, 3.8) is 0 Å². The standard InChI is InChI=1S/C17H20N2O4/c1-10(20)19-8-2-3-11-9-12(4-7-15(11)19)18-16(21)13-5-6-14(13)17(22)23/h4,7,9,13-14H,2-3,5-6,8H2,1H3,(H,18,21)(H,22,23). The van der Waals surface area contributed by atoms with Crippen LogP contribution >= 0.6 is 0 Å². The SMILES string of the molecule is CC(=O)N1CCCc2cc(NC(=O)C3CCC3C(=O)O)ccc21. The van der Waals surface area contributed by atoms with Gasteiger partial charge in [-0.2, -0.15) is 0 Å². The number of fused-ring (bicyclic) bond motifs is 1. The van der Waals surface area contributed by atoms with Gasteiger partial charge in [0.2, 0.25) is 11.8 Å². The molecule has 2 unspecified atom stereocenters. The van der Waals surface area contributed by atoms with Gasteiger partial charge in [0.1, 0.15) is 0 Å². The highest BCUT2D eigenvalue weighted by molar-refractivity contribution is 5.97. The maximum absolute atomic E-state index is 12.2. The zero-order valence-electron chi connectivity index (χ0n) is 13.0. The second-order valence-electron chi connectivity index (χ2n) is 6.24. The van der Waals surface area contributed by atoms with Crippen LogP contribution in [0.5, 0.6) is 0 Å². The van der Waals surface area contributed by atoms with E-state index in [0.717, 1.165) is 30.6 Å². The van der Waals surface area contributed by atoms with E-state index in [2.05, 4.69) is 5.32 Å². The third kappa shape index (κ3) is 2.93. The van der Waals surface area contributed by atoms with E-state index < -0.39 is 17.8 Å². The van der Waals surface area contributed by atoms with Crippen LogP contribution in [0.25, 0.3) is 0 Å². The summed E-state index contributed by atoms with van der Waals surface area (Å²) >= 11 is 0. The normalized spacial score (nSPS) is 22.7. The molecule has 1 aliphatic carbocycles. The first-order chi connectivity index (χ1) is 11.0. The molecule has 1 saturated carbocycles. The van der Waals surface area contributed by atoms with Crippen LogP contribution in [0, 0.1) is 11.8 Å². The lowest BCUT2D eigenvalue weighted by Gasteiger charge is -2.32. The van der Waals surface area contributed by atoms with Crippen LogP contribution in [0.4, 0.5) is 11.4 Å². The van der Waals surface area contributed by atoms with E-state index in [-0.39, 0.29) is 11.8 Å². The average Bonchev–Trinajstić information content (AvgIpc) is 2.44. The average molecular weight is 316 g/mol. The van der Waals surface area contributed by atoms with Crippen molar-refractivity contribution < 1.29 is 19.5 Å². The van der Waals surface area contributed by atoms with Gasteiger partial charge in [0, 0.05) is 24.8 Å². The Morgan fingerprint density at radius 1 is 1.22 bits per heavy atom. The summed E-state index contributed by atoms with van der Waals surface area (Å²) in [5.41, 5.74) is 2.59. The number of benzene rings is 1. The number of anilines is 2. The number of nitrogens with zero attached hydrogens (tertiary/aromatic N) is 1. The Bertz CT molecular complexity index is 671. The number of carboxylic acid groups (broad SMARTS) is 1. The van der Waals surface area contributed by atoms with Gasteiger partial charge in [0.05, 0.1) is 11.8 Å². The number of amides is 2. The number of carbonyl (C=O) groups is 3. The second kappa shape index (κ2) is 6.02. The molecule has 1 aliphatic heterocycles. The van der Waals surface area contributed by atoms with Crippen LogP contribution in [0.15, 0.2) is 18.2 Å². The van der Waals surface area contributed by atoms with Crippen molar-refractivity contribution >= 4 is 29.2 Å². The maximum Gasteiger partial charge on any atom is 0.307 e. The Labute approximate surface area is 134 Å². The molecule has 6 nitrogen and oxygen atoms in total. The molecule has 1 fully saturated rings. The number of carboxylic acids is 1. The number of hydrogen-bond acceptors (Lipinski definition) is 3. The van der Waals surface area contributed by atoms with Gasteiger partial charge >= 0.3 is 5.97 Å². The van der Waals surface area contributed by atoms with Crippen LogP contribution in [0.2, 0.25) is 0 Å². The molecule has 122 valence electrons. The van der Waals surface area contributed by atoms with Crippen molar-refractivity contribution in [2.24, 2.45) is 11.8 Å². The largest absolute Gasteiger partial charge is 0.481 e. The van der Waals surface area contributed by atoms with Gasteiger partial charge in [-0.3, -0.25) is 14.4 Å². The first-order valence-electron chi connectivity index (χ1n) is 7.92. The molecule has 2 N–H and O–H groups in total. The summed E-state index contributed by atoms with van der Waals surface area (Å²) in [7, 11) is 0. The highest BCUT2D eigenvalue weighted by atomic mass is 16.4. The van der Waals surface area contributed by atoms with Gasteiger partial charge in [-0.1, -0.05) is 0 Å². The van der Waals surface area contributed by atoms with E-state index in [9.17, 15) is 14.4 Å². The summed E-state index contributed by atoms with van der Waals surface area (Å²) in [6.45, 7) is 2.27. The molecule has 1 aromatic carbocycles. The Balaban J connectivity index is 1.74. The first kappa shape index (κ1) is 15.5. The van der Waals surface area contributed by atoms with Crippen LogP contribution in [-0.2, 0) is 20.8 Å². The Hall–Kier alpha value is -2.37.